The molecule has 1 aliphatic heterocycles. The van der Waals surface area contributed by atoms with Crippen LogP contribution in [0, 0.1) is 0 Å². The SMILES string of the molecule is COC1=CN[N]S1. The predicted molar refractivity (Wildman–Crippen MR) is 28.0 cm³/mol. The molecule has 1 aliphatic rings. The lowest BCUT2D eigenvalue weighted by Gasteiger charge is -1.90. The summed E-state index contributed by atoms with van der Waals surface area (Å²) in [5.74, 6) is 0. The number of nitrogens with zero attached hydrogens (tertiary/aromatic N) is 1. The van der Waals surface area contributed by atoms with Gasteiger partial charge in [0.25, 0.3) is 0 Å². The first-order valence-corrected chi connectivity index (χ1v) is 2.57. The van der Waals surface area contributed by atoms with Gasteiger partial charge in [0.15, 0.2) is 5.09 Å². The van der Waals surface area contributed by atoms with E-state index in [9.17, 15) is 0 Å². The zero-order chi connectivity index (χ0) is 5.11. The molecule has 0 aromatic rings. The summed E-state index contributed by atoms with van der Waals surface area (Å²) in [6.07, 6.45) is 1.70. The Morgan fingerprint density at radius 3 is 3.14 bits per heavy atom. The highest BCUT2D eigenvalue weighted by Gasteiger charge is 2.02. The average Bonchev–Trinajstić information content (AvgIpc) is 2.14. The number of ether oxygens (including phenoxy) is 1. The van der Waals surface area contributed by atoms with Gasteiger partial charge in [-0.05, 0) is 0 Å². The van der Waals surface area contributed by atoms with E-state index in [1.165, 1.54) is 11.9 Å². The second kappa shape index (κ2) is 2.09. The summed E-state index contributed by atoms with van der Waals surface area (Å²) < 4.78 is 4.78. The molecule has 0 fully saturated rings. The van der Waals surface area contributed by atoms with E-state index in [-0.39, 0.29) is 0 Å². The zero-order valence-electron chi connectivity index (χ0n) is 3.84. The predicted octanol–water partition coefficient (Wildman–Crippen LogP) is 0.203. The lowest BCUT2D eigenvalue weighted by Crippen LogP contribution is -2.02. The van der Waals surface area contributed by atoms with E-state index in [2.05, 4.69) is 10.3 Å². The largest absolute Gasteiger partial charge is 0.488 e. The van der Waals surface area contributed by atoms with Gasteiger partial charge in [-0.25, -0.2) is 0 Å². The number of hydrogen-bond donors (Lipinski definition) is 1. The Bertz CT molecular complexity index is 92.9. The molecule has 1 rings (SSSR count). The summed E-state index contributed by atoms with van der Waals surface area (Å²) in [6, 6.07) is 0. The van der Waals surface area contributed by atoms with Crippen molar-refractivity contribution in [1.82, 2.24) is 10.3 Å². The second-order valence-electron chi connectivity index (χ2n) is 0.979. The Kier molecular flexibility index (Phi) is 1.43. The lowest BCUT2D eigenvalue weighted by atomic mass is 11.0. The molecule has 1 heterocycles. The van der Waals surface area contributed by atoms with Crippen molar-refractivity contribution < 1.29 is 4.74 Å². The van der Waals surface area contributed by atoms with Crippen LogP contribution in [0.1, 0.15) is 0 Å². The van der Waals surface area contributed by atoms with E-state index in [4.69, 9.17) is 4.74 Å². The molecule has 7 heavy (non-hydrogen) atoms. The fraction of sp³-hybridized carbons (Fsp3) is 0.333. The highest BCUT2D eigenvalue weighted by Crippen LogP contribution is 2.14. The van der Waals surface area contributed by atoms with Crippen LogP contribution in [0.5, 0.6) is 0 Å². The van der Waals surface area contributed by atoms with Crippen molar-refractivity contribution >= 4 is 11.9 Å². The van der Waals surface area contributed by atoms with Gasteiger partial charge in [-0.3, -0.25) is 5.43 Å². The van der Waals surface area contributed by atoms with Gasteiger partial charge >= 0.3 is 0 Å². The first kappa shape index (κ1) is 4.80. The van der Waals surface area contributed by atoms with Crippen LogP contribution in [-0.2, 0) is 4.74 Å². The van der Waals surface area contributed by atoms with Gasteiger partial charge in [0.05, 0.1) is 13.3 Å². The topological polar surface area (TPSA) is 35.4 Å². The van der Waals surface area contributed by atoms with Gasteiger partial charge in [0.2, 0.25) is 0 Å². The molecule has 0 atom stereocenters. The molecule has 0 amide bonds. The molecule has 39 valence electrons. The molecule has 0 aromatic heterocycles. The highest BCUT2D eigenvalue weighted by atomic mass is 32.2. The van der Waals surface area contributed by atoms with Crippen molar-refractivity contribution in [3.05, 3.63) is 11.3 Å². The minimum Gasteiger partial charge on any atom is -0.488 e. The minimum atomic E-state index is 0.806. The molecule has 4 heteroatoms. The maximum atomic E-state index is 4.78. The van der Waals surface area contributed by atoms with Crippen molar-refractivity contribution in [2.24, 2.45) is 0 Å². The first-order chi connectivity index (χ1) is 3.43. The van der Waals surface area contributed by atoms with Crippen molar-refractivity contribution in [3.8, 4) is 0 Å². The maximum absolute atomic E-state index is 4.78. The monoisotopic (exact) mass is 117 g/mol. The molecule has 1 radical (unpaired) electrons. The smallest absolute Gasteiger partial charge is 0.188 e. The van der Waals surface area contributed by atoms with Crippen LogP contribution in [0.3, 0.4) is 0 Å². The maximum Gasteiger partial charge on any atom is 0.188 e. The zero-order valence-corrected chi connectivity index (χ0v) is 4.66. The lowest BCUT2D eigenvalue weighted by molar-refractivity contribution is 0.324. The van der Waals surface area contributed by atoms with Crippen LogP contribution in [0.2, 0.25) is 0 Å². The van der Waals surface area contributed by atoms with E-state index >= 15 is 0 Å². The molecule has 3 nitrogen and oxygen atoms in total. The Hall–Kier alpha value is -0.350. The summed E-state index contributed by atoms with van der Waals surface area (Å²) in [7, 11) is 1.61. The fourth-order valence-electron chi connectivity index (χ4n) is 0.273. The van der Waals surface area contributed by atoms with Gasteiger partial charge in [-0.15, -0.1) is 0 Å². The molecule has 0 saturated heterocycles. The van der Waals surface area contributed by atoms with Crippen LogP contribution in [0.25, 0.3) is 0 Å². The molecule has 0 unspecified atom stereocenters. The van der Waals surface area contributed by atoms with Crippen molar-refractivity contribution in [1.29, 1.82) is 0 Å². The van der Waals surface area contributed by atoms with Crippen LogP contribution in [0.4, 0.5) is 0 Å². The molecule has 0 saturated carbocycles. The van der Waals surface area contributed by atoms with Crippen LogP contribution in [-0.4, -0.2) is 7.11 Å². The number of rotatable bonds is 1. The first-order valence-electron chi connectivity index (χ1n) is 1.80. The molecule has 0 bridgehead atoms. The summed E-state index contributed by atoms with van der Waals surface area (Å²) in [5.41, 5.74) is 2.62. The van der Waals surface area contributed by atoms with Crippen LogP contribution in [0.15, 0.2) is 11.3 Å². The van der Waals surface area contributed by atoms with Gasteiger partial charge in [-0.1, -0.05) is 4.83 Å². The van der Waals surface area contributed by atoms with Crippen molar-refractivity contribution in [2.75, 3.05) is 7.11 Å². The third-order valence-electron chi connectivity index (χ3n) is 0.572. The van der Waals surface area contributed by atoms with Crippen molar-refractivity contribution in [3.63, 3.8) is 0 Å². The minimum absolute atomic E-state index is 0.806. The molecule has 0 aromatic carbocycles. The van der Waals surface area contributed by atoms with Gasteiger partial charge in [-0.2, -0.15) is 0 Å². The van der Waals surface area contributed by atoms with Gasteiger partial charge < -0.3 is 4.74 Å². The summed E-state index contributed by atoms with van der Waals surface area (Å²) >= 11 is 1.30. The van der Waals surface area contributed by atoms with Gasteiger partial charge in [0.1, 0.15) is 0 Å². The van der Waals surface area contributed by atoms with E-state index in [0.29, 0.717) is 0 Å². The van der Waals surface area contributed by atoms with Gasteiger partial charge in [0, 0.05) is 11.9 Å². The van der Waals surface area contributed by atoms with Crippen molar-refractivity contribution in [2.45, 2.75) is 0 Å². The molecule has 1 N–H and O–H groups in total. The van der Waals surface area contributed by atoms with E-state index in [1.807, 2.05) is 0 Å². The summed E-state index contributed by atoms with van der Waals surface area (Å²) in [6.45, 7) is 0. The molecule has 0 aliphatic carbocycles. The third-order valence-corrected chi connectivity index (χ3v) is 1.23. The number of methoxy groups -OCH3 is 1. The number of hydrogen-bond acceptors (Lipinski definition) is 3. The standard InChI is InChI=1S/C3H5N2OS/c1-6-3-2-4-5-7-3/h2,4H,1H3. The molecule has 0 spiro atoms. The summed E-state index contributed by atoms with van der Waals surface area (Å²) in [4.78, 5) is 3.68. The van der Waals surface area contributed by atoms with E-state index < -0.39 is 0 Å². The van der Waals surface area contributed by atoms with Crippen LogP contribution < -0.4 is 10.3 Å². The third kappa shape index (κ3) is 1.01. The number of nitrogens with one attached hydrogen (secondary N) is 1. The Labute approximate surface area is 46.2 Å². The highest BCUT2D eigenvalue weighted by molar-refractivity contribution is 8.01. The summed E-state index contributed by atoms with van der Waals surface area (Å²) in [5, 5.41) is 0.806. The fourth-order valence-corrected chi connectivity index (χ4v) is 0.648. The molecular formula is C3H5N2OS. The van der Waals surface area contributed by atoms with E-state index in [1.54, 1.807) is 13.3 Å². The van der Waals surface area contributed by atoms with Crippen LogP contribution >= 0.6 is 11.9 Å². The average molecular weight is 117 g/mol. The Morgan fingerprint density at radius 1 is 2.00 bits per heavy atom. The quantitative estimate of drug-likeness (QED) is 0.498. The van der Waals surface area contributed by atoms with E-state index in [0.717, 1.165) is 5.09 Å². The molecular weight excluding hydrogens is 112 g/mol. The normalized spacial score (nSPS) is 18.1. The Morgan fingerprint density at radius 2 is 2.86 bits per heavy atom. The second-order valence-corrected chi connectivity index (χ2v) is 1.75. The Balaban J connectivity index is 2.36.